The first kappa shape index (κ1) is 27.4. The van der Waals surface area contributed by atoms with Crippen molar-refractivity contribution in [3.05, 3.63) is 23.3 Å². The van der Waals surface area contributed by atoms with Crippen LogP contribution in [0.5, 0.6) is 5.75 Å². The third kappa shape index (κ3) is 6.26. The molecular formula is C28H41N3O6. The molecule has 9 heteroatoms. The molecule has 0 bridgehead atoms. The molecule has 0 radical (unpaired) electrons. The number of rotatable bonds is 12. The number of carbonyl (C=O) groups excluding carboxylic acids is 3. The summed E-state index contributed by atoms with van der Waals surface area (Å²) >= 11 is 0. The van der Waals surface area contributed by atoms with Gasteiger partial charge >= 0.3 is 0 Å². The van der Waals surface area contributed by atoms with E-state index in [9.17, 15) is 14.4 Å². The van der Waals surface area contributed by atoms with E-state index >= 15 is 0 Å². The van der Waals surface area contributed by atoms with Crippen LogP contribution in [0.25, 0.3) is 0 Å². The SMILES string of the molecule is CCCCOC(OCCCC)C1CCN(c2cc3c(c(OC)c2)C(=O)N([C@H]2CCC(=O)NC2=O)C3)CC1. The molecule has 0 saturated carbocycles. The van der Waals surface area contributed by atoms with Gasteiger partial charge in [0.2, 0.25) is 11.8 Å². The molecule has 3 aliphatic rings. The number of piperidine rings is 2. The predicted octanol–water partition coefficient (Wildman–Crippen LogP) is 3.63. The van der Waals surface area contributed by atoms with Gasteiger partial charge in [-0.3, -0.25) is 19.7 Å². The van der Waals surface area contributed by atoms with Crippen molar-refractivity contribution in [3.8, 4) is 5.75 Å². The van der Waals surface area contributed by atoms with E-state index in [4.69, 9.17) is 14.2 Å². The Balaban J connectivity index is 1.43. The number of unbranched alkanes of at least 4 members (excludes halogenated alkanes) is 2. The molecule has 1 N–H and O–H groups in total. The Kier molecular flexibility index (Phi) is 9.43. The van der Waals surface area contributed by atoms with Gasteiger partial charge in [-0.2, -0.15) is 0 Å². The van der Waals surface area contributed by atoms with Crippen LogP contribution in [0.4, 0.5) is 5.69 Å². The fourth-order valence-electron chi connectivity index (χ4n) is 5.44. The van der Waals surface area contributed by atoms with Crippen molar-refractivity contribution in [2.45, 2.75) is 84.1 Å². The molecule has 0 aliphatic carbocycles. The van der Waals surface area contributed by atoms with Gasteiger partial charge in [0, 0.05) is 56.9 Å². The number of fused-ring (bicyclic) bond motifs is 1. The molecule has 204 valence electrons. The van der Waals surface area contributed by atoms with Gasteiger partial charge in [-0.25, -0.2) is 0 Å². The second kappa shape index (κ2) is 12.7. The molecule has 9 nitrogen and oxygen atoms in total. The van der Waals surface area contributed by atoms with Gasteiger partial charge in [-0.1, -0.05) is 26.7 Å². The maximum absolute atomic E-state index is 13.3. The maximum Gasteiger partial charge on any atom is 0.258 e. The molecule has 1 aromatic rings. The molecule has 2 fully saturated rings. The van der Waals surface area contributed by atoms with Crippen molar-refractivity contribution < 1.29 is 28.6 Å². The normalized spacial score (nSPS) is 20.5. The van der Waals surface area contributed by atoms with Crippen LogP contribution < -0.4 is 15.0 Å². The number of hydrogen-bond acceptors (Lipinski definition) is 7. The summed E-state index contributed by atoms with van der Waals surface area (Å²) < 4.78 is 17.9. The smallest absolute Gasteiger partial charge is 0.258 e. The number of anilines is 1. The second-order valence-electron chi connectivity index (χ2n) is 10.2. The monoisotopic (exact) mass is 515 g/mol. The molecule has 0 spiro atoms. The highest BCUT2D eigenvalue weighted by molar-refractivity contribution is 6.06. The summed E-state index contributed by atoms with van der Waals surface area (Å²) in [6.07, 6.45) is 6.62. The highest BCUT2D eigenvalue weighted by Gasteiger charge is 2.41. The van der Waals surface area contributed by atoms with E-state index in [-0.39, 0.29) is 24.5 Å². The highest BCUT2D eigenvalue weighted by Crippen LogP contribution is 2.38. The average molecular weight is 516 g/mol. The summed E-state index contributed by atoms with van der Waals surface area (Å²) in [4.78, 5) is 41.2. The van der Waals surface area contributed by atoms with Crippen LogP contribution in [0.1, 0.15) is 81.1 Å². The summed E-state index contributed by atoms with van der Waals surface area (Å²) in [5.41, 5.74) is 2.39. The lowest BCUT2D eigenvalue weighted by atomic mass is 9.95. The summed E-state index contributed by atoms with van der Waals surface area (Å²) in [5, 5.41) is 2.36. The molecule has 1 aromatic carbocycles. The highest BCUT2D eigenvalue weighted by atomic mass is 16.7. The van der Waals surface area contributed by atoms with Crippen LogP contribution in [0, 0.1) is 5.92 Å². The molecule has 4 rings (SSSR count). The van der Waals surface area contributed by atoms with Gasteiger partial charge in [-0.15, -0.1) is 0 Å². The third-order valence-corrected chi connectivity index (χ3v) is 7.64. The first-order valence-corrected chi connectivity index (χ1v) is 13.8. The fraction of sp³-hybridized carbons (Fsp3) is 0.679. The second-order valence-corrected chi connectivity index (χ2v) is 10.2. The molecular weight excluding hydrogens is 474 g/mol. The zero-order chi connectivity index (χ0) is 26.4. The number of ether oxygens (including phenoxy) is 3. The van der Waals surface area contributed by atoms with Crippen LogP contribution in [-0.2, 0) is 25.6 Å². The van der Waals surface area contributed by atoms with E-state index in [1.165, 1.54) is 0 Å². The van der Waals surface area contributed by atoms with Crippen LogP contribution >= 0.6 is 0 Å². The van der Waals surface area contributed by atoms with Crippen molar-refractivity contribution >= 4 is 23.4 Å². The number of nitrogens with zero attached hydrogens (tertiary/aromatic N) is 2. The number of benzene rings is 1. The maximum atomic E-state index is 13.3. The summed E-state index contributed by atoms with van der Waals surface area (Å²) in [6, 6.07) is 3.34. The van der Waals surface area contributed by atoms with E-state index in [0.29, 0.717) is 30.2 Å². The number of amides is 3. The van der Waals surface area contributed by atoms with Crippen molar-refractivity contribution in [1.29, 1.82) is 0 Å². The van der Waals surface area contributed by atoms with Gasteiger partial charge in [0.25, 0.3) is 5.91 Å². The fourth-order valence-corrected chi connectivity index (χ4v) is 5.44. The number of hydrogen-bond donors (Lipinski definition) is 1. The molecule has 3 heterocycles. The number of carbonyl (C=O) groups is 3. The first-order valence-electron chi connectivity index (χ1n) is 13.8. The summed E-state index contributed by atoms with van der Waals surface area (Å²) in [6.45, 7) is 7.85. The molecule has 0 unspecified atom stereocenters. The molecule has 1 atom stereocenters. The van der Waals surface area contributed by atoms with E-state index in [0.717, 1.165) is 76.1 Å². The van der Waals surface area contributed by atoms with Crippen molar-refractivity contribution in [2.75, 3.05) is 38.3 Å². The minimum atomic E-state index is -0.640. The van der Waals surface area contributed by atoms with E-state index < -0.39 is 11.9 Å². The lowest BCUT2D eigenvalue weighted by Crippen LogP contribution is -2.52. The largest absolute Gasteiger partial charge is 0.496 e. The Morgan fingerprint density at radius 2 is 1.68 bits per heavy atom. The Hall–Kier alpha value is -2.65. The topological polar surface area (TPSA) is 97.4 Å². The van der Waals surface area contributed by atoms with Gasteiger partial charge < -0.3 is 24.0 Å². The average Bonchev–Trinajstić information content (AvgIpc) is 3.23. The first-order chi connectivity index (χ1) is 18.0. The van der Waals surface area contributed by atoms with E-state index in [1.807, 2.05) is 6.07 Å². The minimum Gasteiger partial charge on any atom is -0.496 e. The van der Waals surface area contributed by atoms with Crippen molar-refractivity contribution in [3.63, 3.8) is 0 Å². The van der Waals surface area contributed by atoms with Crippen LogP contribution in [0.15, 0.2) is 12.1 Å². The molecule has 37 heavy (non-hydrogen) atoms. The van der Waals surface area contributed by atoms with Crippen LogP contribution in [0.2, 0.25) is 0 Å². The molecule has 2 saturated heterocycles. The molecule has 3 aliphatic heterocycles. The Bertz CT molecular complexity index is 965. The lowest BCUT2D eigenvalue weighted by Gasteiger charge is -2.37. The van der Waals surface area contributed by atoms with E-state index in [1.54, 1.807) is 12.0 Å². The minimum absolute atomic E-state index is 0.158. The van der Waals surface area contributed by atoms with Gasteiger partial charge in [0.15, 0.2) is 6.29 Å². The van der Waals surface area contributed by atoms with E-state index in [2.05, 4.69) is 30.1 Å². The van der Waals surface area contributed by atoms with Crippen LogP contribution in [0.3, 0.4) is 0 Å². The number of methoxy groups -OCH3 is 1. The summed E-state index contributed by atoms with van der Waals surface area (Å²) in [5.74, 6) is -0.0372. The van der Waals surface area contributed by atoms with Gasteiger partial charge in [0.05, 0.1) is 12.7 Å². The summed E-state index contributed by atoms with van der Waals surface area (Å²) in [7, 11) is 1.57. The quantitative estimate of drug-likeness (QED) is 0.258. The lowest BCUT2D eigenvalue weighted by molar-refractivity contribution is -0.177. The van der Waals surface area contributed by atoms with Gasteiger partial charge in [0.1, 0.15) is 11.8 Å². The zero-order valence-electron chi connectivity index (χ0n) is 22.4. The Morgan fingerprint density at radius 3 is 2.27 bits per heavy atom. The number of imide groups is 1. The molecule has 0 aromatic heterocycles. The van der Waals surface area contributed by atoms with Gasteiger partial charge in [-0.05, 0) is 43.7 Å². The van der Waals surface area contributed by atoms with Crippen molar-refractivity contribution in [1.82, 2.24) is 10.2 Å². The number of nitrogens with one attached hydrogen (secondary N) is 1. The zero-order valence-corrected chi connectivity index (χ0v) is 22.4. The standard InChI is InChI=1S/C28H41N3O6/c1-4-6-14-36-28(37-15-7-5-2)19-10-12-30(13-11-19)21-16-20-18-31(22-8-9-24(32)29-26(22)33)27(34)25(20)23(17-21)35-3/h16-17,19,22,28H,4-15,18H2,1-3H3,(H,29,32,33)/t22-/m0/s1. The Labute approximate surface area is 219 Å². The van der Waals surface area contributed by atoms with Crippen molar-refractivity contribution in [2.24, 2.45) is 5.92 Å². The van der Waals surface area contributed by atoms with Crippen LogP contribution in [-0.4, -0.2) is 68.4 Å². The molecule has 3 amide bonds. The predicted molar refractivity (Wildman–Crippen MR) is 139 cm³/mol. The third-order valence-electron chi connectivity index (χ3n) is 7.64. The Morgan fingerprint density at radius 1 is 1.00 bits per heavy atom.